The third kappa shape index (κ3) is 12.0. The van der Waals surface area contributed by atoms with Crippen LogP contribution >= 0.6 is 24.0 Å². The summed E-state index contributed by atoms with van der Waals surface area (Å²) < 4.78 is 28.1. The van der Waals surface area contributed by atoms with Crippen molar-refractivity contribution < 1.29 is 13.2 Å². The van der Waals surface area contributed by atoms with Crippen LogP contribution < -0.4 is 15.4 Å². The van der Waals surface area contributed by atoms with Gasteiger partial charge in [-0.25, -0.2) is 13.4 Å². The zero-order chi connectivity index (χ0) is 18.0. The van der Waals surface area contributed by atoms with Gasteiger partial charge in [-0.3, -0.25) is 0 Å². The van der Waals surface area contributed by atoms with E-state index < -0.39 is 9.84 Å². The average molecular weight is 483 g/mol. The van der Waals surface area contributed by atoms with Crippen LogP contribution in [0.4, 0.5) is 0 Å². The number of sulfone groups is 1. The first-order chi connectivity index (χ1) is 11.3. The van der Waals surface area contributed by atoms with E-state index >= 15 is 0 Å². The molecule has 1 aromatic carbocycles. The van der Waals surface area contributed by atoms with Crippen LogP contribution in [-0.4, -0.2) is 52.1 Å². The van der Waals surface area contributed by atoms with Crippen molar-refractivity contribution in [2.45, 2.75) is 33.2 Å². The number of nitrogens with zero attached hydrogens (tertiary/aromatic N) is 1. The van der Waals surface area contributed by atoms with E-state index in [1.807, 2.05) is 45.0 Å². The first kappa shape index (κ1) is 24.0. The predicted molar refractivity (Wildman–Crippen MR) is 115 cm³/mol. The molecule has 0 heterocycles. The maximum Gasteiger partial charge on any atom is 0.191 e. The number of guanidine groups is 1. The van der Waals surface area contributed by atoms with E-state index in [0.29, 0.717) is 25.5 Å². The van der Waals surface area contributed by atoms with Crippen molar-refractivity contribution in [1.82, 2.24) is 10.6 Å². The van der Waals surface area contributed by atoms with Crippen LogP contribution in [0, 0.1) is 6.92 Å². The molecule has 1 unspecified atom stereocenters. The molecule has 0 aliphatic rings. The molecule has 0 radical (unpaired) electrons. The number of ether oxygens (including phenoxy) is 1. The Morgan fingerprint density at radius 2 is 2.08 bits per heavy atom. The van der Waals surface area contributed by atoms with Gasteiger partial charge in [-0.05, 0) is 44.9 Å². The van der Waals surface area contributed by atoms with Crippen molar-refractivity contribution >= 4 is 39.8 Å². The minimum atomic E-state index is -2.94. The van der Waals surface area contributed by atoms with E-state index in [0.717, 1.165) is 17.9 Å². The smallest absolute Gasteiger partial charge is 0.191 e. The van der Waals surface area contributed by atoms with Crippen LogP contribution in [0.25, 0.3) is 0 Å². The molecule has 0 saturated heterocycles. The summed E-state index contributed by atoms with van der Waals surface area (Å²) in [7, 11) is -2.94. The van der Waals surface area contributed by atoms with Crippen LogP contribution in [0.15, 0.2) is 29.3 Å². The lowest BCUT2D eigenvalue weighted by Gasteiger charge is -2.17. The Labute approximate surface area is 168 Å². The summed E-state index contributed by atoms with van der Waals surface area (Å²) in [5, 5.41) is 6.37. The lowest BCUT2D eigenvalue weighted by atomic mass is 10.2. The molecule has 1 atom stereocenters. The van der Waals surface area contributed by atoms with Gasteiger partial charge < -0.3 is 15.4 Å². The molecule has 6 nitrogen and oxygen atoms in total. The summed E-state index contributed by atoms with van der Waals surface area (Å²) in [6.07, 6.45) is 1.80. The van der Waals surface area contributed by atoms with E-state index in [2.05, 4.69) is 15.6 Å². The van der Waals surface area contributed by atoms with E-state index in [1.54, 1.807) is 0 Å². The molecule has 0 aliphatic heterocycles. The normalized spacial score (nSPS) is 12.9. The molecule has 0 amide bonds. The van der Waals surface area contributed by atoms with Crippen LogP contribution in [0.1, 0.15) is 25.8 Å². The molecular weight excluding hydrogens is 453 g/mol. The van der Waals surface area contributed by atoms with Crippen molar-refractivity contribution in [2.24, 2.45) is 4.99 Å². The second-order valence-corrected chi connectivity index (χ2v) is 8.15. The lowest BCUT2D eigenvalue weighted by Crippen LogP contribution is -2.43. The highest BCUT2D eigenvalue weighted by Crippen LogP contribution is 2.11. The Bertz CT molecular complexity index is 636. The molecule has 0 fully saturated rings. The molecular formula is C17H30IN3O3S. The first-order valence-corrected chi connectivity index (χ1v) is 10.3. The van der Waals surface area contributed by atoms with Gasteiger partial charge in [0.15, 0.2) is 5.96 Å². The van der Waals surface area contributed by atoms with E-state index in [9.17, 15) is 8.42 Å². The highest BCUT2D eigenvalue weighted by molar-refractivity contribution is 14.0. The number of halogens is 1. The molecule has 144 valence electrons. The van der Waals surface area contributed by atoms with Crippen LogP contribution in [0.3, 0.4) is 0 Å². The van der Waals surface area contributed by atoms with Crippen molar-refractivity contribution in [3.63, 3.8) is 0 Å². The van der Waals surface area contributed by atoms with Crippen molar-refractivity contribution in [2.75, 3.05) is 31.7 Å². The average Bonchev–Trinajstić information content (AvgIpc) is 2.49. The number of nitrogens with one attached hydrogen (secondary N) is 2. The highest BCUT2D eigenvalue weighted by Gasteiger charge is 2.09. The summed E-state index contributed by atoms with van der Waals surface area (Å²) in [5.74, 6) is 1.67. The van der Waals surface area contributed by atoms with Gasteiger partial charge in [0.25, 0.3) is 0 Å². The molecule has 8 heteroatoms. The molecule has 0 aliphatic carbocycles. The summed E-state index contributed by atoms with van der Waals surface area (Å²) in [5.41, 5.74) is 1.16. The third-order valence-corrected chi connectivity index (χ3v) is 4.25. The number of rotatable bonds is 9. The van der Waals surface area contributed by atoms with Gasteiger partial charge in [-0.2, -0.15) is 0 Å². The van der Waals surface area contributed by atoms with Gasteiger partial charge in [0.05, 0.1) is 12.3 Å². The maximum atomic E-state index is 11.2. The minimum absolute atomic E-state index is 0. The van der Waals surface area contributed by atoms with Gasteiger partial charge in [0, 0.05) is 18.8 Å². The SMILES string of the molecule is CCNC(=NCCOc1cccc(C)c1)NC(C)CCS(C)(=O)=O.I. The molecule has 0 spiro atoms. The number of benzene rings is 1. The molecule has 25 heavy (non-hydrogen) atoms. The second-order valence-electron chi connectivity index (χ2n) is 5.89. The Hall–Kier alpha value is -1.03. The zero-order valence-electron chi connectivity index (χ0n) is 15.4. The topological polar surface area (TPSA) is 79.8 Å². The monoisotopic (exact) mass is 483 g/mol. The molecule has 0 bridgehead atoms. The van der Waals surface area contributed by atoms with Gasteiger partial charge in [-0.15, -0.1) is 24.0 Å². The Morgan fingerprint density at radius 1 is 1.36 bits per heavy atom. The quantitative estimate of drug-likeness (QED) is 0.244. The van der Waals surface area contributed by atoms with Gasteiger partial charge in [-0.1, -0.05) is 12.1 Å². The maximum absolute atomic E-state index is 11.2. The van der Waals surface area contributed by atoms with E-state index in [4.69, 9.17) is 4.74 Å². The molecule has 0 aromatic heterocycles. The zero-order valence-corrected chi connectivity index (χ0v) is 18.6. The minimum Gasteiger partial charge on any atom is -0.492 e. The number of hydrogen-bond acceptors (Lipinski definition) is 4. The van der Waals surface area contributed by atoms with E-state index in [1.165, 1.54) is 6.26 Å². The lowest BCUT2D eigenvalue weighted by molar-refractivity contribution is 0.328. The summed E-state index contributed by atoms with van der Waals surface area (Å²) in [4.78, 5) is 4.46. The van der Waals surface area contributed by atoms with Gasteiger partial charge >= 0.3 is 0 Å². The second kappa shape index (κ2) is 12.3. The van der Waals surface area contributed by atoms with Crippen LogP contribution in [0.5, 0.6) is 5.75 Å². The third-order valence-electron chi connectivity index (χ3n) is 3.27. The number of aliphatic imine (C=N–C) groups is 1. The first-order valence-electron chi connectivity index (χ1n) is 8.22. The van der Waals surface area contributed by atoms with Gasteiger partial charge in [0.2, 0.25) is 0 Å². The molecule has 2 N–H and O–H groups in total. The number of aryl methyl sites for hydroxylation is 1. The van der Waals surface area contributed by atoms with E-state index in [-0.39, 0.29) is 35.8 Å². The largest absolute Gasteiger partial charge is 0.492 e. The standard InChI is InChI=1S/C17H29N3O3S.HI/c1-5-18-17(20-15(3)9-12-24(4,21)22)19-10-11-23-16-8-6-7-14(2)13-16;/h6-8,13,15H,5,9-12H2,1-4H3,(H2,18,19,20);1H. The summed E-state index contributed by atoms with van der Waals surface area (Å²) in [6, 6.07) is 7.92. The highest BCUT2D eigenvalue weighted by atomic mass is 127. The van der Waals surface area contributed by atoms with Crippen molar-refractivity contribution in [3.8, 4) is 5.75 Å². The predicted octanol–water partition coefficient (Wildman–Crippen LogP) is 2.37. The van der Waals surface area contributed by atoms with Crippen LogP contribution in [0.2, 0.25) is 0 Å². The van der Waals surface area contributed by atoms with Crippen LogP contribution in [-0.2, 0) is 9.84 Å². The number of hydrogen-bond donors (Lipinski definition) is 2. The Morgan fingerprint density at radius 3 is 2.68 bits per heavy atom. The Kier molecular flexibility index (Phi) is 11.8. The molecule has 1 aromatic rings. The fraction of sp³-hybridized carbons (Fsp3) is 0.588. The summed E-state index contributed by atoms with van der Waals surface area (Å²) >= 11 is 0. The molecule has 1 rings (SSSR count). The Balaban J connectivity index is 0.00000576. The molecule has 0 saturated carbocycles. The summed E-state index contributed by atoms with van der Waals surface area (Å²) in [6.45, 7) is 7.70. The fourth-order valence-electron chi connectivity index (χ4n) is 2.04. The van der Waals surface area contributed by atoms with Gasteiger partial charge in [0.1, 0.15) is 22.2 Å². The van der Waals surface area contributed by atoms with Crippen molar-refractivity contribution in [3.05, 3.63) is 29.8 Å². The van der Waals surface area contributed by atoms with Crippen molar-refractivity contribution in [1.29, 1.82) is 0 Å². The fourth-order valence-corrected chi connectivity index (χ4v) is 2.82.